The number of rotatable bonds is 11. The van der Waals surface area contributed by atoms with Gasteiger partial charge in [0, 0.05) is 25.0 Å². The van der Waals surface area contributed by atoms with E-state index in [9.17, 15) is 19.5 Å². The van der Waals surface area contributed by atoms with Crippen LogP contribution in [0.15, 0.2) is 12.2 Å². The van der Waals surface area contributed by atoms with E-state index in [0.717, 1.165) is 24.0 Å². The molecule has 0 aliphatic rings. The first kappa shape index (κ1) is 26.3. The minimum Gasteiger partial charge on any atom is -0.544 e. The highest BCUT2D eigenvalue weighted by Gasteiger charge is 2.15. The molecule has 0 fully saturated rings. The van der Waals surface area contributed by atoms with E-state index in [1.54, 1.807) is 28.1 Å². The van der Waals surface area contributed by atoms with Crippen LogP contribution >= 0.6 is 0 Å². The van der Waals surface area contributed by atoms with Crippen molar-refractivity contribution in [1.29, 1.82) is 0 Å². The van der Waals surface area contributed by atoms with Crippen molar-refractivity contribution in [2.24, 2.45) is 0 Å². The standard InChI is InChI=1S/C13H24N2O3.C5H11NO2/c1-11(2)13(18)14-8-6-10-15(3,4)9-5-7-12(16)17;1-6(2,3)4-5(7)8/h1,5-10H2,2-4H3,(H-,14,16,17,18);4H2,1-3H3/p+1. The minimum atomic E-state index is -1.00. The summed E-state index contributed by atoms with van der Waals surface area (Å²) in [5.74, 6) is -1.85. The molecule has 1 amide bonds. The lowest BCUT2D eigenvalue weighted by atomic mass is 10.2. The van der Waals surface area contributed by atoms with Gasteiger partial charge in [-0.05, 0) is 6.92 Å². The van der Waals surface area contributed by atoms with Crippen LogP contribution in [0.4, 0.5) is 0 Å². The summed E-state index contributed by atoms with van der Waals surface area (Å²) in [7, 11) is 9.55. The number of nitrogens with zero attached hydrogens (tertiary/aromatic N) is 2. The molecule has 0 aliphatic carbocycles. The third kappa shape index (κ3) is 20.1. The second kappa shape index (κ2) is 12.4. The quantitative estimate of drug-likeness (QED) is 0.287. The van der Waals surface area contributed by atoms with Gasteiger partial charge in [0.15, 0.2) is 0 Å². The molecule has 0 aromatic rings. The normalized spacial score (nSPS) is 11.2. The average Bonchev–Trinajstić information content (AvgIpc) is 2.40. The highest BCUT2D eigenvalue weighted by atomic mass is 16.4. The van der Waals surface area contributed by atoms with Gasteiger partial charge in [-0.1, -0.05) is 6.58 Å². The number of amides is 1. The van der Waals surface area contributed by atoms with Gasteiger partial charge in [0.2, 0.25) is 5.91 Å². The lowest BCUT2D eigenvalue weighted by Crippen LogP contribution is -2.45. The fourth-order valence-electron chi connectivity index (χ4n) is 2.02. The molecule has 0 rings (SSSR count). The molecule has 0 atom stereocenters. The van der Waals surface area contributed by atoms with Crippen molar-refractivity contribution in [3.8, 4) is 0 Å². The van der Waals surface area contributed by atoms with Crippen molar-refractivity contribution in [2.45, 2.75) is 26.2 Å². The second-order valence-corrected chi connectivity index (χ2v) is 8.09. The zero-order valence-corrected chi connectivity index (χ0v) is 17.1. The lowest BCUT2D eigenvalue weighted by molar-refractivity contribution is -0.890. The van der Waals surface area contributed by atoms with E-state index < -0.39 is 11.9 Å². The van der Waals surface area contributed by atoms with Gasteiger partial charge in [-0.3, -0.25) is 9.59 Å². The van der Waals surface area contributed by atoms with E-state index >= 15 is 0 Å². The number of carbonyl (C=O) groups excluding carboxylic acids is 2. The molecule has 0 bridgehead atoms. The smallest absolute Gasteiger partial charge is 0.303 e. The van der Waals surface area contributed by atoms with Gasteiger partial charge in [-0.25, -0.2) is 0 Å². The number of hydrogen-bond donors (Lipinski definition) is 2. The first-order chi connectivity index (χ1) is 11.7. The molecule has 2 N–H and O–H groups in total. The topological polar surface area (TPSA) is 107 Å². The number of carboxylic acids is 2. The summed E-state index contributed by atoms with van der Waals surface area (Å²) >= 11 is 0. The van der Waals surface area contributed by atoms with Crippen molar-refractivity contribution in [3.05, 3.63) is 12.2 Å². The Kier molecular flexibility index (Phi) is 12.6. The second-order valence-electron chi connectivity index (χ2n) is 8.09. The Balaban J connectivity index is 0. The van der Waals surface area contributed by atoms with Crippen LogP contribution in [0.5, 0.6) is 0 Å². The van der Waals surface area contributed by atoms with E-state index in [0.29, 0.717) is 23.0 Å². The van der Waals surface area contributed by atoms with Crippen LogP contribution in [-0.2, 0) is 14.4 Å². The molecule has 0 aromatic carbocycles. The summed E-state index contributed by atoms with van der Waals surface area (Å²) in [5, 5.41) is 21.2. The predicted octanol–water partition coefficient (Wildman–Crippen LogP) is -0.547. The van der Waals surface area contributed by atoms with E-state index in [-0.39, 0.29) is 18.9 Å². The van der Waals surface area contributed by atoms with Gasteiger partial charge in [0.25, 0.3) is 0 Å². The molecule has 0 heterocycles. The maximum atomic E-state index is 11.2. The number of quaternary nitrogens is 2. The number of likely N-dealkylation sites (N-methyl/N-ethyl adjacent to an activating group) is 1. The molecule has 0 spiro atoms. The van der Waals surface area contributed by atoms with Crippen molar-refractivity contribution in [2.75, 3.05) is 61.4 Å². The van der Waals surface area contributed by atoms with Crippen molar-refractivity contribution in [1.82, 2.24) is 5.32 Å². The Hall–Kier alpha value is -1.93. The fourth-order valence-corrected chi connectivity index (χ4v) is 2.02. The molecule has 0 saturated carbocycles. The SMILES string of the molecule is C=C(C)C(=O)NCCC[N+](C)(C)CCCC(=O)O.C[N+](C)(C)CC(=O)[O-]. The Bertz CT molecular complexity index is 482. The molecule has 26 heavy (non-hydrogen) atoms. The molecular weight excluding hydrogens is 338 g/mol. The van der Waals surface area contributed by atoms with E-state index in [1.807, 2.05) is 0 Å². The molecule has 152 valence electrons. The van der Waals surface area contributed by atoms with Crippen LogP contribution in [0.2, 0.25) is 0 Å². The summed E-state index contributed by atoms with van der Waals surface area (Å²) in [4.78, 5) is 31.5. The largest absolute Gasteiger partial charge is 0.544 e. The summed E-state index contributed by atoms with van der Waals surface area (Å²) in [5.41, 5.74) is 0.519. The third-order valence-electron chi connectivity index (χ3n) is 3.37. The Labute approximate surface area is 157 Å². The van der Waals surface area contributed by atoms with Crippen LogP contribution in [0.3, 0.4) is 0 Å². The molecule has 8 nitrogen and oxygen atoms in total. The van der Waals surface area contributed by atoms with Crippen LogP contribution in [-0.4, -0.2) is 93.3 Å². The Morgan fingerprint density at radius 2 is 1.54 bits per heavy atom. The maximum Gasteiger partial charge on any atom is 0.303 e. The van der Waals surface area contributed by atoms with E-state index in [2.05, 4.69) is 26.0 Å². The lowest BCUT2D eigenvalue weighted by Gasteiger charge is -2.29. The zero-order valence-electron chi connectivity index (χ0n) is 17.1. The van der Waals surface area contributed by atoms with Gasteiger partial charge >= 0.3 is 5.97 Å². The molecule has 0 radical (unpaired) electrons. The first-order valence-corrected chi connectivity index (χ1v) is 8.64. The molecule has 0 unspecified atom stereocenters. The fraction of sp³-hybridized carbons (Fsp3) is 0.722. The molecule has 0 aromatic heterocycles. The van der Waals surface area contributed by atoms with Gasteiger partial charge < -0.3 is 29.3 Å². The van der Waals surface area contributed by atoms with Gasteiger partial charge in [0.1, 0.15) is 6.54 Å². The van der Waals surface area contributed by atoms with E-state index in [1.165, 1.54) is 0 Å². The Morgan fingerprint density at radius 3 is 1.88 bits per heavy atom. The number of nitrogens with one attached hydrogen (secondary N) is 1. The third-order valence-corrected chi connectivity index (χ3v) is 3.37. The van der Waals surface area contributed by atoms with Crippen LogP contribution < -0.4 is 10.4 Å². The van der Waals surface area contributed by atoms with Gasteiger partial charge in [0.05, 0.1) is 60.7 Å². The number of carboxylic acid groups (broad SMARTS) is 2. The van der Waals surface area contributed by atoms with Crippen LogP contribution in [0.1, 0.15) is 26.2 Å². The van der Waals surface area contributed by atoms with Crippen LogP contribution in [0.25, 0.3) is 0 Å². The summed E-state index contributed by atoms with van der Waals surface area (Å²) in [6.45, 7) is 7.70. The van der Waals surface area contributed by atoms with Gasteiger partial charge in [-0.15, -0.1) is 0 Å². The molecule has 0 saturated heterocycles. The van der Waals surface area contributed by atoms with Crippen molar-refractivity contribution < 1.29 is 33.6 Å². The molecular formula is C18H36N3O5+. The van der Waals surface area contributed by atoms with E-state index in [4.69, 9.17) is 5.11 Å². The number of hydrogen-bond acceptors (Lipinski definition) is 4. The Morgan fingerprint density at radius 1 is 1.04 bits per heavy atom. The zero-order chi connectivity index (χ0) is 21.0. The highest BCUT2D eigenvalue weighted by molar-refractivity contribution is 5.91. The molecule has 8 heteroatoms. The predicted molar refractivity (Wildman–Crippen MR) is 99.1 cm³/mol. The van der Waals surface area contributed by atoms with Crippen LogP contribution in [0, 0.1) is 0 Å². The monoisotopic (exact) mass is 374 g/mol. The summed E-state index contributed by atoms with van der Waals surface area (Å²) in [6.07, 6.45) is 1.77. The highest BCUT2D eigenvalue weighted by Crippen LogP contribution is 2.03. The number of carbonyl (C=O) groups is 3. The van der Waals surface area contributed by atoms with Crippen molar-refractivity contribution >= 4 is 17.8 Å². The summed E-state index contributed by atoms with van der Waals surface area (Å²) in [6, 6.07) is 0. The maximum absolute atomic E-state index is 11.2. The average molecular weight is 375 g/mol. The summed E-state index contributed by atoms with van der Waals surface area (Å²) < 4.78 is 1.19. The first-order valence-electron chi connectivity index (χ1n) is 8.64. The van der Waals surface area contributed by atoms with Crippen molar-refractivity contribution in [3.63, 3.8) is 0 Å². The van der Waals surface area contributed by atoms with Gasteiger partial charge in [-0.2, -0.15) is 0 Å². The molecule has 0 aliphatic heterocycles. The number of aliphatic carboxylic acids is 2. The minimum absolute atomic E-state index is 0.0694.